The van der Waals surface area contributed by atoms with Crippen LogP contribution in [0.4, 0.5) is 0 Å². The van der Waals surface area contributed by atoms with Crippen molar-refractivity contribution in [2.24, 2.45) is 7.05 Å². The van der Waals surface area contributed by atoms with Gasteiger partial charge in [-0.05, 0) is 12.7 Å². The first kappa shape index (κ1) is 11.5. The maximum absolute atomic E-state index is 3.89. The van der Waals surface area contributed by atoms with E-state index >= 15 is 0 Å². The Balaban J connectivity index is 2.35. The smallest absolute Gasteiger partial charge is 0.0738 e. The van der Waals surface area contributed by atoms with Crippen molar-refractivity contribution < 1.29 is 0 Å². The summed E-state index contributed by atoms with van der Waals surface area (Å²) < 4.78 is 1.80. The maximum Gasteiger partial charge on any atom is 0.0738 e. The average Bonchev–Trinajstić information content (AvgIpc) is 2.59. The molecule has 0 spiro atoms. The molecule has 0 aliphatic rings. The van der Waals surface area contributed by atoms with Crippen LogP contribution in [-0.4, -0.2) is 33.0 Å². The molecule has 0 saturated carbocycles. The summed E-state index contributed by atoms with van der Waals surface area (Å²) >= 11 is 1.88. The predicted octanol–water partition coefficient (Wildman–Crippen LogP) is 1.05. The van der Waals surface area contributed by atoms with Crippen LogP contribution in [0.2, 0.25) is 0 Å². The molecule has 0 aromatic carbocycles. The van der Waals surface area contributed by atoms with E-state index in [0.717, 1.165) is 24.4 Å². The molecule has 1 atom stereocenters. The number of aromatic nitrogens is 3. The number of nitrogens with one attached hydrogen (secondary N) is 1. The second-order valence-corrected chi connectivity index (χ2v) is 4.20. The lowest BCUT2D eigenvalue weighted by molar-refractivity contribution is 0.521. The number of hydrogen-bond acceptors (Lipinski definition) is 4. The first-order valence-corrected chi connectivity index (χ1v) is 6.23. The Kier molecular flexibility index (Phi) is 4.97. The van der Waals surface area contributed by atoms with Gasteiger partial charge in [0.05, 0.1) is 11.9 Å². The van der Waals surface area contributed by atoms with Gasteiger partial charge in [-0.2, -0.15) is 11.8 Å². The van der Waals surface area contributed by atoms with Crippen molar-refractivity contribution in [3.8, 4) is 0 Å². The molecule has 0 amide bonds. The van der Waals surface area contributed by atoms with Gasteiger partial charge in [-0.1, -0.05) is 12.1 Å². The second-order valence-electron chi connectivity index (χ2n) is 3.29. The van der Waals surface area contributed by atoms with Crippen molar-refractivity contribution in [1.82, 2.24) is 20.3 Å². The fourth-order valence-electron chi connectivity index (χ4n) is 1.24. The zero-order valence-corrected chi connectivity index (χ0v) is 9.84. The summed E-state index contributed by atoms with van der Waals surface area (Å²) in [5, 5.41) is 11.2. The second kappa shape index (κ2) is 6.03. The summed E-state index contributed by atoms with van der Waals surface area (Å²) in [4.78, 5) is 0. The molecule has 1 unspecified atom stereocenters. The topological polar surface area (TPSA) is 42.7 Å². The third-order valence-electron chi connectivity index (χ3n) is 2.24. The number of thioether (sulfide) groups is 1. The van der Waals surface area contributed by atoms with Gasteiger partial charge in [-0.3, -0.25) is 4.68 Å². The number of nitrogens with zero attached hydrogens (tertiary/aromatic N) is 3. The van der Waals surface area contributed by atoms with E-state index in [1.54, 1.807) is 10.9 Å². The standard InChI is InChI=1S/C9H18N4S/c1-4-8(7-14-3)10-5-9-6-11-12-13(9)2/h6,8,10H,4-5,7H2,1-3H3. The molecule has 14 heavy (non-hydrogen) atoms. The molecule has 0 radical (unpaired) electrons. The summed E-state index contributed by atoms with van der Waals surface area (Å²) in [5.74, 6) is 1.15. The number of aryl methyl sites for hydroxylation is 1. The summed E-state index contributed by atoms with van der Waals surface area (Å²) in [6.45, 7) is 3.05. The molecule has 0 aliphatic carbocycles. The van der Waals surface area contributed by atoms with E-state index in [0.29, 0.717) is 6.04 Å². The molecule has 1 aromatic heterocycles. The Labute approximate surface area is 89.5 Å². The number of hydrogen-bond donors (Lipinski definition) is 1. The monoisotopic (exact) mass is 214 g/mol. The molecule has 0 saturated heterocycles. The SMILES string of the molecule is CCC(CSC)NCc1cnnn1C. The highest BCUT2D eigenvalue weighted by Crippen LogP contribution is 2.02. The highest BCUT2D eigenvalue weighted by Gasteiger charge is 2.06. The van der Waals surface area contributed by atoms with Gasteiger partial charge in [-0.25, -0.2) is 0 Å². The number of rotatable bonds is 6. The van der Waals surface area contributed by atoms with E-state index in [2.05, 4.69) is 28.8 Å². The van der Waals surface area contributed by atoms with Crippen LogP contribution in [0, 0.1) is 0 Å². The average molecular weight is 214 g/mol. The molecule has 0 fully saturated rings. The minimum atomic E-state index is 0.583. The van der Waals surface area contributed by atoms with E-state index in [4.69, 9.17) is 0 Å². The fourth-order valence-corrected chi connectivity index (χ4v) is 2.00. The molecule has 0 bridgehead atoms. The minimum absolute atomic E-state index is 0.583. The van der Waals surface area contributed by atoms with Crippen LogP contribution in [0.5, 0.6) is 0 Å². The molecular formula is C9H18N4S. The van der Waals surface area contributed by atoms with Crippen LogP contribution in [0.15, 0.2) is 6.20 Å². The molecule has 1 aromatic rings. The van der Waals surface area contributed by atoms with E-state index in [1.165, 1.54) is 0 Å². The molecule has 1 N–H and O–H groups in total. The largest absolute Gasteiger partial charge is 0.308 e. The first-order valence-electron chi connectivity index (χ1n) is 4.83. The van der Waals surface area contributed by atoms with Crippen LogP contribution in [0.1, 0.15) is 19.0 Å². The maximum atomic E-state index is 3.89. The van der Waals surface area contributed by atoms with E-state index in [9.17, 15) is 0 Å². The summed E-state index contributed by atoms with van der Waals surface area (Å²) in [5.41, 5.74) is 1.13. The summed E-state index contributed by atoms with van der Waals surface area (Å²) in [7, 11) is 1.92. The van der Waals surface area contributed by atoms with Crippen molar-refractivity contribution in [3.05, 3.63) is 11.9 Å². The van der Waals surface area contributed by atoms with Crippen LogP contribution >= 0.6 is 11.8 Å². The Morgan fingerprint density at radius 1 is 1.64 bits per heavy atom. The van der Waals surface area contributed by atoms with Crippen LogP contribution < -0.4 is 5.32 Å². The van der Waals surface area contributed by atoms with Gasteiger partial charge in [0.15, 0.2) is 0 Å². The van der Waals surface area contributed by atoms with Gasteiger partial charge in [-0.15, -0.1) is 5.10 Å². The van der Waals surface area contributed by atoms with Crippen molar-refractivity contribution in [3.63, 3.8) is 0 Å². The van der Waals surface area contributed by atoms with Crippen LogP contribution in [-0.2, 0) is 13.6 Å². The van der Waals surface area contributed by atoms with Crippen molar-refractivity contribution in [2.45, 2.75) is 25.9 Å². The summed E-state index contributed by atoms with van der Waals surface area (Å²) in [6.07, 6.45) is 5.10. The first-order chi connectivity index (χ1) is 6.77. The molecule has 0 aliphatic heterocycles. The summed E-state index contributed by atoms with van der Waals surface area (Å²) in [6, 6.07) is 0.583. The van der Waals surface area contributed by atoms with Crippen molar-refractivity contribution in [1.29, 1.82) is 0 Å². The molecule has 1 heterocycles. The predicted molar refractivity (Wildman–Crippen MR) is 60.3 cm³/mol. The molecule has 4 nitrogen and oxygen atoms in total. The van der Waals surface area contributed by atoms with Gasteiger partial charge < -0.3 is 5.32 Å². The van der Waals surface area contributed by atoms with Gasteiger partial charge in [0.2, 0.25) is 0 Å². The Morgan fingerprint density at radius 3 is 2.93 bits per heavy atom. The Bertz CT molecular complexity index is 261. The Hall–Kier alpha value is -0.550. The minimum Gasteiger partial charge on any atom is -0.308 e. The third-order valence-corrected chi connectivity index (χ3v) is 2.98. The highest BCUT2D eigenvalue weighted by atomic mass is 32.2. The fraction of sp³-hybridized carbons (Fsp3) is 0.778. The highest BCUT2D eigenvalue weighted by molar-refractivity contribution is 7.98. The van der Waals surface area contributed by atoms with Gasteiger partial charge in [0.25, 0.3) is 0 Å². The molecule has 80 valence electrons. The zero-order valence-electron chi connectivity index (χ0n) is 9.03. The van der Waals surface area contributed by atoms with Crippen LogP contribution in [0.3, 0.4) is 0 Å². The molecular weight excluding hydrogens is 196 g/mol. The molecule has 1 rings (SSSR count). The van der Waals surface area contributed by atoms with Crippen molar-refractivity contribution >= 4 is 11.8 Å². The molecule has 5 heteroatoms. The van der Waals surface area contributed by atoms with Gasteiger partial charge >= 0.3 is 0 Å². The van der Waals surface area contributed by atoms with Gasteiger partial charge in [0.1, 0.15) is 0 Å². The lowest BCUT2D eigenvalue weighted by Gasteiger charge is -2.15. The lowest BCUT2D eigenvalue weighted by Crippen LogP contribution is -2.30. The van der Waals surface area contributed by atoms with E-state index < -0.39 is 0 Å². The van der Waals surface area contributed by atoms with E-state index in [-0.39, 0.29) is 0 Å². The normalized spacial score (nSPS) is 13.1. The Morgan fingerprint density at radius 2 is 2.43 bits per heavy atom. The zero-order chi connectivity index (χ0) is 10.4. The lowest BCUT2D eigenvalue weighted by atomic mass is 10.2. The third kappa shape index (κ3) is 3.31. The van der Waals surface area contributed by atoms with E-state index in [1.807, 2.05) is 18.8 Å². The quantitative estimate of drug-likeness (QED) is 0.768. The van der Waals surface area contributed by atoms with Crippen molar-refractivity contribution in [2.75, 3.05) is 12.0 Å². The van der Waals surface area contributed by atoms with Crippen LogP contribution in [0.25, 0.3) is 0 Å². The van der Waals surface area contributed by atoms with Gasteiger partial charge in [0, 0.05) is 25.4 Å².